The summed E-state index contributed by atoms with van der Waals surface area (Å²) in [6.07, 6.45) is 9.58. The van der Waals surface area contributed by atoms with Crippen LogP contribution in [0.4, 0.5) is 0 Å². The normalized spacial score (nSPS) is 14.2. The van der Waals surface area contributed by atoms with Crippen LogP contribution in [-0.2, 0) is 0 Å². The maximum atomic E-state index is 2.45. The molecule has 0 spiro atoms. The Morgan fingerprint density at radius 3 is 2.54 bits per heavy atom. The van der Waals surface area contributed by atoms with Gasteiger partial charge in [0.25, 0.3) is 0 Å². The van der Waals surface area contributed by atoms with Crippen molar-refractivity contribution in [3.63, 3.8) is 0 Å². The molecule has 0 saturated heterocycles. The van der Waals surface area contributed by atoms with Gasteiger partial charge in [-0.2, -0.15) is 0 Å². The number of hydrogen-bond acceptors (Lipinski definition) is 1. The monoisotopic (exact) mass is 183 g/mol. The van der Waals surface area contributed by atoms with Crippen molar-refractivity contribution in [3.8, 4) is 0 Å². The summed E-state index contributed by atoms with van der Waals surface area (Å²) in [4.78, 5) is 2.45. The zero-order valence-corrected chi connectivity index (χ0v) is 9.71. The van der Waals surface area contributed by atoms with Crippen molar-refractivity contribution in [1.29, 1.82) is 0 Å². The fourth-order valence-electron chi connectivity index (χ4n) is 1.34. The topological polar surface area (TPSA) is 3.24 Å². The molecule has 1 atom stereocenters. The van der Waals surface area contributed by atoms with Crippen LogP contribution in [-0.4, -0.2) is 24.5 Å². The number of hydrogen-bond donors (Lipinski definition) is 0. The van der Waals surface area contributed by atoms with E-state index in [1.54, 1.807) is 0 Å². The van der Waals surface area contributed by atoms with Crippen LogP contribution in [0, 0.1) is 0 Å². The van der Waals surface area contributed by atoms with Crippen LogP contribution in [0.1, 0.15) is 46.5 Å². The van der Waals surface area contributed by atoms with Gasteiger partial charge in [0.15, 0.2) is 0 Å². The van der Waals surface area contributed by atoms with Gasteiger partial charge in [0.1, 0.15) is 0 Å². The summed E-state index contributed by atoms with van der Waals surface area (Å²) in [6, 6.07) is 0.688. The molecule has 1 unspecified atom stereocenters. The van der Waals surface area contributed by atoms with Gasteiger partial charge in [0.2, 0.25) is 0 Å². The third kappa shape index (κ3) is 6.83. The highest BCUT2D eigenvalue weighted by molar-refractivity contribution is 4.82. The standard InChI is InChI=1S/C12H25N/c1-5-7-9-11-13(4)12(3)10-8-6-2/h6,8,12H,5,7,9-11H2,1-4H3/b8-6+. The van der Waals surface area contributed by atoms with Crippen LogP contribution >= 0.6 is 0 Å². The number of nitrogens with zero attached hydrogens (tertiary/aromatic N) is 1. The molecule has 0 aliphatic rings. The highest BCUT2D eigenvalue weighted by Gasteiger charge is 2.05. The molecule has 13 heavy (non-hydrogen) atoms. The Morgan fingerprint density at radius 2 is 2.00 bits per heavy atom. The minimum atomic E-state index is 0.688. The number of rotatable bonds is 7. The van der Waals surface area contributed by atoms with Gasteiger partial charge in [0.05, 0.1) is 0 Å². The van der Waals surface area contributed by atoms with E-state index in [1.165, 1.54) is 32.2 Å². The van der Waals surface area contributed by atoms with E-state index in [0.29, 0.717) is 6.04 Å². The lowest BCUT2D eigenvalue weighted by atomic mass is 10.2. The molecule has 0 bridgehead atoms. The summed E-state index contributed by atoms with van der Waals surface area (Å²) in [5, 5.41) is 0. The van der Waals surface area contributed by atoms with Crippen LogP contribution in [0.3, 0.4) is 0 Å². The van der Waals surface area contributed by atoms with Gasteiger partial charge >= 0.3 is 0 Å². The van der Waals surface area contributed by atoms with Crippen LogP contribution in [0.25, 0.3) is 0 Å². The Hall–Kier alpha value is -0.300. The lowest BCUT2D eigenvalue weighted by molar-refractivity contribution is 0.253. The zero-order valence-electron chi connectivity index (χ0n) is 9.71. The van der Waals surface area contributed by atoms with Crippen LogP contribution in [0.5, 0.6) is 0 Å². The predicted octanol–water partition coefficient (Wildman–Crippen LogP) is 3.46. The van der Waals surface area contributed by atoms with E-state index >= 15 is 0 Å². The van der Waals surface area contributed by atoms with Crippen molar-refractivity contribution in [1.82, 2.24) is 4.90 Å². The molecule has 0 aromatic rings. The summed E-state index contributed by atoms with van der Waals surface area (Å²) in [5.41, 5.74) is 0. The first-order valence-corrected chi connectivity index (χ1v) is 5.53. The molecule has 0 N–H and O–H groups in total. The highest BCUT2D eigenvalue weighted by Crippen LogP contribution is 2.04. The van der Waals surface area contributed by atoms with Crippen molar-refractivity contribution in [3.05, 3.63) is 12.2 Å². The van der Waals surface area contributed by atoms with Gasteiger partial charge in [-0.15, -0.1) is 0 Å². The molecule has 0 rings (SSSR count). The number of allylic oxidation sites excluding steroid dienone is 1. The third-order valence-corrected chi connectivity index (χ3v) is 2.58. The quantitative estimate of drug-likeness (QED) is 0.431. The van der Waals surface area contributed by atoms with Gasteiger partial charge in [0, 0.05) is 6.04 Å². The summed E-state index contributed by atoms with van der Waals surface area (Å²) in [5.74, 6) is 0. The Bertz CT molecular complexity index is 129. The fraction of sp³-hybridized carbons (Fsp3) is 0.833. The molecule has 1 nitrogen and oxygen atoms in total. The second kappa shape index (κ2) is 8.31. The first-order valence-electron chi connectivity index (χ1n) is 5.53. The van der Waals surface area contributed by atoms with E-state index in [2.05, 4.69) is 44.9 Å². The average molecular weight is 183 g/mol. The number of unbranched alkanes of at least 4 members (excludes halogenated alkanes) is 2. The zero-order chi connectivity index (χ0) is 10.1. The third-order valence-electron chi connectivity index (χ3n) is 2.58. The molecule has 0 aromatic carbocycles. The molecule has 1 heteroatoms. The lowest BCUT2D eigenvalue weighted by Gasteiger charge is -2.23. The minimum Gasteiger partial charge on any atom is -0.303 e. The molecule has 0 fully saturated rings. The molecule has 0 radical (unpaired) electrons. The van der Waals surface area contributed by atoms with E-state index in [-0.39, 0.29) is 0 Å². The fourth-order valence-corrected chi connectivity index (χ4v) is 1.34. The van der Waals surface area contributed by atoms with Crippen molar-refractivity contribution < 1.29 is 0 Å². The molecular weight excluding hydrogens is 158 g/mol. The van der Waals surface area contributed by atoms with E-state index in [9.17, 15) is 0 Å². The van der Waals surface area contributed by atoms with Gasteiger partial charge in [-0.05, 0) is 40.3 Å². The molecule has 0 aliphatic carbocycles. The van der Waals surface area contributed by atoms with Crippen LogP contribution in [0.2, 0.25) is 0 Å². The van der Waals surface area contributed by atoms with Gasteiger partial charge in [-0.25, -0.2) is 0 Å². The summed E-state index contributed by atoms with van der Waals surface area (Å²) >= 11 is 0. The predicted molar refractivity (Wildman–Crippen MR) is 61.0 cm³/mol. The molecule has 0 aliphatic heterocycles. The second-order valence-electron chi connectivity index (χ2n) is 3.84. The Kier molecular flexibility index (Phi) is 8.11. The van der Waals surface area contributed by atoms with E-state index < -0.39 is 0 Å². The van der Waals surface area contributed by atoms with Crippen molar-refractivity contribution in [2.24, 2.45) is 0 Å². The summed E-state index contributed by atoms with van der Waals surface area (Å²) < 4.78 is 0. The molecule has 0 saturated carbocycles. The molecular formula is C12H25N. The largest absolute Gasteiger partial charge is 0.303 e. The summed E-state index contributed by atoms with van der Waals surface area (Å²) in [7, 11) is 2.23. The smallest absolute Gasteiger partial charge is 0.00983 e. The average Bonchev–Trinajstić information content (AvgIpc) is 2.14. The van der Waals surface area contributed by atoms with Gasteiger partial charge in [-0.3, -0.25) is 0 Å². The highest BCUT2D eigenvalue weighted by atomic mass is 15.1. The second-order valence-corrected chi connectivity index (χ2v) is 3.84. The van der Waals surface area contributed by atoms with Gasteiger partial charge < -0.3 is 4.90 Å². The van der Waals surface area contributed by atoms with Crippen molar-refractivity contribution in [2.45, 2.75) is 52.5 Å². The Labute approximate surface area is 83.8 Å². The first kappa shape index (κ1) is 12.7. The van der Waals surface area contributed by atoms with Crippen molar-refractivity contribution in [2.75, 3.05) is 13.6 Å². The van der Waals surface area contributed by atoms with E-state index in [0.717, 1.165) is 0 Å². The Morgan fingerprint density at radius 1 is 1.31 bits per heavy atom. The Balaban J connectivity index is 3.50. The SMILES string of the molecule is C/C=C/CC(C)N(C)CCCCC. The van der Waals surface area contributed by atoms with E-state index in [4.69, 9.17) is 0 Å². The summed E-state index contributed by atoms with van der Waals surface area (Å²) in [6.45, 7) is 7.88. The lowest BCUT2D eigenvalue weighted by Crippen LogP contribution is -2.29. The van der Waals surface area contributed by atoms with Crippen LogP contribution < -0.4 is 0 Å². The minimum absolute atomic E-state index is 0.688. The molecule has 78 valence electrons. The van der Waals surface area contributed by atoms with Crippen molar-refractivity contribution >= 4 is 0 Å². The molecule has 0 amide bonds. The maximum absolute atomic E-state index is 2.45. The molecule has 0 heterocycles. The first-order chi connectivity index (χ1) is 6.22. The maximum Gasteiger partial charge on any atom is 0.00983 e. The molecule has 0 aromatic heterocycles. The van der Waals surface area contributed by atoms with Crippen LogP contribution in [0.15, 0.2) is 12.2 Å². The van der Waals surface area contributed by atoms with Gasteiger partial charge in [-0.1, -0.05) is 31.9 Å². The van der Waals surface area contributed by atoms with E-state index in [1.807, 2.05) is 0 Å².